The number of benzene rings is 1. The second-order valence-electron chi connectivity index (χ2n) is 4.61. The van der Waals surface area contributed by atoms with Crippen molar-refractivity contribution in [2.24, 2.45) is 10.1 Å². The molecule has 0 saturated carbocycles. The number of rotatable bonds is 3. The lowest BCUT2D eigenvalue weighted by Gasteiger charge is -2.04. The van der Waals surface area contributed by atoms with Crippen molar-refractivity contribution in [1.82, 2.24) is 4.68 Å². The maximum Gasteiger partial charge on any atom is 0.205 e. The molecular weight excluding hydrogens is 317 g/mol. The van der Waals surface area contributed by atoms with Crippen molar-refractivity contribution in [3.63, 3.8) is 0 Å². The molecule has 0 atom stereocenters. The summed E-state index contributed by atoms with van der Waals surface area (Å²) in [5.41, 5.74) is 2.72. The second-order valence-corrected chi connectivity index (χ2v) is 6.39. The minimum absolute atomic E-state index is 0.247. The number of hydrogen-bond donors (Lipinski definition) is 0. The minimum atomic E-state index is -0.247. The Kier molecular flexibility index (Phi) is 4.31. The highest BCUT2D eigenvalue weighted by Gasteiger charge is 2.09. The van der Waals surface area contributed by atoms with Crippen LogP contribution in [0, 0.1) is 5.82 Å². The highest BCUT2D eigenvalue weighted by atomic mass is 32.1. The summed E-state index contributed by atoms with van der Waals surface area (Å²) in [5.74, 6) is -0.247. The van der Waals surface area contributed by atoms with E-state index in [1.165, 1.54) is 12.1 Å². The van der Waals surface area contributed by atoms with Crippen molar-refractivity contribution in [2.45, 2.75) is 6.92 Å². The first kappa shape index (κ1) is 14.9. The number of hydrogen-bond acceptors (Lipinski definition) is 4. The van der Waals surface area contributed by atoms with Gasteiger partial charge in [0, 0.05) is 12.4 Å². The Hall–Kier alpha value is -2.05. The maximum atomic E-state index is 13.0. The van der Waals surface area contributed by atoms with Gasteiger partial charge in [-0.2, -0.15) is 5.10 Å². The lowest BCUT2D eigenvalue weighted by molar-refractivity contribution is 0.627. The van der Waals surface area contributed by atoms with Crippen LogP contribution in [-0.2, 0) is 0 Å². The number of thiazole rings is 1. The molecule has 3 aromatic rings. The summed E-state index contributed by atoms with van der Waals surface area (Å²) in [7, 11) is 1.75. The molecule has 3 nitrogen and oxygen atoms in total. The highest BCUT2D eigenvalue weighted by molar-refractivity contribution is 7.14. The summed E-state index contributed by atoms with van der Waals surface area (Å²) >= 11 is 3.21. The predicted octanol–water partition coefficient (Wildman–Crippen LogP) is 4.22. The van der Waals surface area contributed by atoms with E-state index < -0.39 is 0 Å². The van der Waals surface area contributed by atoms with E-state index in [4.69, 9.17) is 0 Å². The molecule has 112 valence electrons. The second kappa shape index (κ2) is 6.37. The third-order valence-electron chi connectivity index (χ3n) is 3.16. The lowest BCUT2D eigenvalue weighted by atomic mass is 10.1. The normalized spacial score (nSPS) is 12.9. The molecule has 0 aliphatic heterocycles. The number of halogens is 1. The zero-order valence-corrected chi connectivity index (χ0v) is 13.8. The van der Waals surface area contributed by atoms with Crippen molar-refractivity contribution in [1.29, 1.82) is 0 Å². The first-order valence-electron chi connectivity index (χ1n) is 6.68. The van der Waals surface area contributed by atoms with Crippen LogP contribution < -0.4 is 4.80 Å². The SMILES string of the molecule is CN=c1scc(-c2cccs2)n1N=C(C)c1ccc(F)cc1. The monoisotopic (exact) mass is 331 g/mol. The highest BCUT2D eigenvalue weighted by Crippen LogP contribution is 2.25. The summed E-state index contributed by atoms with van der Waals surface area (Å²) in [5, 5.41) is 8.77. The fraction of sp³-hybridized carbons (Fsp3) is 0.125. The van der Waals surface area contributed by atoms with E-state index in [2.05, 4.69) is 21.5 Å². The van der Waals surface area contributed by atoms with Crippen molar-refractivity contribution in [3.05, 3.63) is 63.3 Å². The maximum absolute atomic E-state index is 13.0. The molecule has 0 fully saturated rings. The summed E-state index contributed by atoms with van der Waals surface area (Å²) in [6, 6.07) is 10.4. The first-order chi connectivity index (χ1) is 10.7. The van der Waals surface area contributed by atoms with Gasteiger partial charge in [0.05, 0.1) is 16.3 Å². The molecule has 0 N–H and O–H groups in total. The lowest BCUT2D eigenvalue weighted by Crippen LogP contribution is -2.13. The van der Waals surface area contributed by atoms with E-state index in [1.54, 1.807) is 41.9 Å². The van der Waals surface area contributed by atoms with E-state index in [9.17, 15) is 4.39 Å². The van der Waals surface area contributed by atoms with Crippen LogP contribution in [0.25, 0.3) is 10.6 Å². The van der Waals surface area contributed by atoms with E-state index in [-0.39, 0.29) is 5.82 Å². The molecule has 0 aliphatic carbocycles. The van der Waals surface area contributed by atoms with E-state index in [1.807, 2.05) is 23.0 Å². The molecule has 0 bridgehead atoms. The van der Waals surface area contributed by atoms with Crippen LogP contribution in [0.15, 0.2) is 57.3 Å². The average molecular weight is 331 g/mol. The Labute approximate surface area is 135 Å². The van der Waals surface area contributed by atoms with Gasteiger partial charge in [-0.1, -0.05) is 18.2 Å². The van der Waals surface area contributed by atoms with Gasteiger partial charge in [0.25, 0.3) is 0 Å². The topological polar surface area (TPSA) is 29.6 Å². The average Bonchev–Trinajstić information content (AvgIpc) is 3.16. The molecule has 2 heterocycles. The molecule has 6 heteroatoms. The Morgan fingerprint density at radius 1 is 1.14 bits per heavy atom. The summed E-state index contributed by atoms with van der Waals surface area (Å²) in [4.78, 5) is 6.25. The molecule has 2 aromatic heterocycles. The van der Waals surface area contributed by atoms with Gasteiger partial charge in [0.2, 0.25) is 4.80 Å². The Morgan fingerprint density at radius 2 is 1.91 bits per heavy atom. The summed E-state index contributed by atoms with van der Waals surface area (Å²) < 4.78 is 14.9. The van der Waals surface area contributed by atoms with Gasteiger partial charge in [0.15, 0.2) is 0 Å². The van der Waals surface area contributed by atoms with Crippen molar-refractivity contribution in [3.8, 4) is 10.6 Å². The molecule has 0 unspecified atom stereocenters. The van der Waals surface area contributed by atoms with Gasteiger partial charge < -0.3 is 0 Å². The van der Waals surface area contributed by atoms with Crippen molar-refractivity contribution >= 4 is 28.4 Å². The number of thiophene rings is 1. The van der Waals surface area contributed by atoms with Crippen molar-refractivity contribution in [2.75, 3.05) is 7.05 Å². The Bertz CT molecular complexity index is 856. The molecule has 0 amide bonds. The first-order valence-corrected chi connectivity index (χ1v) is 8.43. The Morgan fingerprint density at radius 3 is 2.55 bits per heavy atom. The van der Waals surface area contributed by atoms with Crippen molar-refractivity contribution < 1.29 is 4.39 Å². The van der Waals surface area contributed by atoms with Gasteiger partial charge in [-0.15, -0.1) is 22.7 Å². The zero-order valence-electron chi connectivity index (χ0n) is 12.2. The fourth-order valence-corrected chi connectivity index (χ4v) is 3.63. The Balaban J connectivity index is 2.10. The summed E-state index contributed by atoms with van der Waals surface area (Å²) in [6.07, 6.45) is 0. The molecule has 0 radical (unpaired) electrons. The standard InChI is InChI=1S/C16H14FN3S2/c1-11(12-5-7-13(17)8-6-12)19-20-14(10-22-16(20)18-2)15-4-3-9-21-15/h3-10H,1-2H3. The fourth-order valence-electron chi connectivity index (χ4n) is 2.04. The smallest absolute Gasteiger partial charge is 0.205 e. The molecule has 22 heavy (non-hydrogen) atoms. The van der Waals surface area contributed by atoms with E-state index in [0.29, 0.717) is 0 Å². The van der Waals surface area contributed by atoms with Crippen LogP contribution in [-0.4, -0.2) is 17.4 Å². The van der Waals surface area contributed by atoms with Gasteiger partial charge in [0.1, 0.15) is 5.82 Å². The molecule has 3 rings (SSSR count). The van der Waals surface area contributed by atoms with Crippen LogP contribution in [0.3, 0.4) is 0 Å². The zero-order chi connectivity index (χ0) is 15.5. The largest absolute Gasteiger partial charge is 0.261 e. The van der Waals surface area contributed by atoms with Gasteiger partial charge in [-0.05, 0) is 36.1 Å². The van der Waals surface area contributed by atoms with Crippen LogP contribution in [0.2, 0.25) is 0 Å². The quantitative estimate of drug-likeness (QED) is 0.643. The third-order valence-corrected chi connectivity index (χ3v) is 4.96. The molecular formula is C16H14FN3S2. The van der Waals surface area contributed by atoms with Crippen LogP contribution in [0.5, 0.6) is 0 Å². The van der Waals surface area contributed by atoms with E-state index >= 15 is 0 Å². The number of nitrogens with zero attached hydrogens (tertiary/aromatic N) is 3. The van der Waals surface area contributed by atoms with Gasteiger partial charge in [-0.25, -0.2) is 9.07 Å². The predicted molar refractivity (Wildman–Crippen MR) is 91.1 cm³/mol. The van der Waals surface area contributed by atoms with Gasteiger partial charge in [-0.3, -0.25) is 4.99 Å². The van der Waals surface area contributed by atoms with Gasteiger partial charge >= 0.3 is 0 Å². The number of aromatic nitrogens is 1. The summed E-state index contributed by atoms with van der Waals surface area (Å²) in [6.45, 7) is 1.91. The molecule has 1 aromatic carbocycles. The van der Waals surface area contributed by atoms with E-state index in [0.717, 1.165) is 26.6 Å². The minimum Gasteiger partial charge on any atom is -0.261 e. The van der Waals surface area contributed by atoms with Crippen LogP contribution >= 0.6 is 22.7 Å². The molecule has 0 aliphatic rings. The van der Waals surface area contributed by atoms with Crippen LogP contribution in [0.4, 0.5) is 4.39 Å². The third kappa shape index (κ3) is 2.93. The molecule has 0 spiro atoms. The van der Waals surface area contributed by atoms with Crippen LogP contribution in [0.1, 0.15) is 12.5 Å². The molecule has 0 saturated heterocycles.